The summed E-state index contributed by atoms with van der Waals surface area (Å²) in [5.74, 6) is 2.48. The Morgan fingerprint density at radius 2 is 2.00 bits per heavy atom. The molecule has 1 N–H and O–H groups in total. The van der Waals surface area contributed by atoms with Crippen LogP contribution in [0.25, 0.3) is 0 Å². The van der Waals surface area contributed by atoms with Crippen LogP contribution >= 0.6 is 0 Å². The minimum absolute atomic E-state index is 0.380. The zero-order chi connectivity index (χ0) is 12.2. The Labute approximate surface area is 102 Å². The van der Waals surface area contributed by atoms with Crippen molar-refractivity contribution in [1.29, 1.82) is 0 Å². The molecule has 0 unspecified atom stereocenters. The van der Waals surface area contributed by atoms with Gasteiger partial charge in [0.1, 0.15) is 0 Å². The third-order valence-corrected chi connectivity index (χ3v) is 4.30. The summed E-state index contributed by atoms with van der Waals surface area (Å²) in [6.07, 6.45) is 8.63. The molecule has 0 aromatic carbocycles. The van der Waals surface area contributed by atoms with Crippen molar-refractivity contribution in [2.24, 2.45) is 17.8 Å². The number of hydrogen-bond acceptors (Lipinski definition) is 1. The topological polar surface area (TPSA) is 20.2 Å². The molecule has 1 fully saturated rings. The van der Waals surface area contributed by atoms with Gasteiger partial charge in [-0.3, -0.25) is 0 Å². The van der Waals surface area contributed by atoms with Crippen molar-refractivity contribution in [2.75, 3.05) is 0 Å². The van der Waals surface area contributed by atoms with E-state index in [2.05, 4.69) is 20.8 Å². The summed E-state index contributed by atoms with van der Waals surface area (Å²) in [6.45, 7) is 8.91. The Bertz CT molecular complexity index is 196. The highest BCUT2D eigenvalue weighted by molar-refractivity contribution is 4.86. The lowest BCUT2D eigenvalue weighted by molar-refractivity contribution is -0.0229. The van der Waals surface area contributed by atoms with Gasteiger partial charge in [0.2, 0.25) is 0 Å². The molecule has 0 spiro atoms. The largest absolute Gasteiger partial charge is 0.390 e. The standard InChI is InChI=1S/C15H30O/c1-5-13-11-15(4,16)10-9-14(13)8-6-7-12(2)3/h12-14,16H,5-11H2,1-4H3/t13-,14+,15-/m1/s1. The Hall–Kier alpha value is -0.0400. The van der Waals surface area contributed by atoms with E-state index in [4.69, 9.17) is 0 Å². The van der Waals surface area contributed by atoms with Crippen molar-refractivity contribution >= 4 is 0 Å². The Kier molecular flexibility index (Phi) is 5.30. The van der Waals surface area contributed by atoms with E-state index in [1.807, 2.05) is 6.92 Å². The fourth-order valence-corrected chi connectivity index (χ4v) is 3.21. The Morgan fingerprint density at radius 3 is 2.56 bits per heavy atom. The van der Waals surface area contributed by atoms with Gasteiger partial charge in [0.05, 0.1) is 5.60 Å². The third-order valence-electron chi connectivity index (χ3n) is 4.30. The first-order valence-corrected chi connectivity index (χ1v) is 7.17. The monoisotopic (exact) mass is 226 g/mol. The highest BCUT2D eigenvalue weighted by Crippen LogP contribution is 2.40. The summed E-state index contributed by atoms with van der Waals surface area (Å²) in [7, 11) is 0. The van der Waals surface area contributed by atoms with Crippen LogP contribution in [0.4, 0.5) is 0 Å². The van der Waals surface area contributed by atoms with Gasteiger partial charge in [-0.2, -0.15) is 0 Å². The zero-order valence-corrected chi connectivity index (χ0v) is 11.6. The Balaban J connectivity index is 2.35. The maximum atomic E-state index is 10.1. The lowest BCUT2D eigenvalue weighted by atomic mass is 9.69. The van der Waals surface area contributed by atoms with E-state index in [-0.39, 0.29) is 5.60 Å². The van der Waals surface area contributed by atoms with Gasteiger partial charge in [-0.15, -0.1) is 0 Å². The second-order valence-electron chi connectivity index (χ2n) is 6.49. The molecule has 96 valence electrons. The van der Waals surface area contributed by atoms with Gasteiger partial charge in [-0.05, 0) is 43.9 Å². The first kappa shape index (κ1) is 14.0. The van der Waals surface area contributed by atoms with Gasteiger partial charge in [-0.1, -0.05) is 46.5 Å². The fraction of sp³-hybridized carbons (Fsp3) is 1.00. The van der Waals surface area contributed by atoms with Crippen molar-refractivity contribution in [3.63, 3.8) is 0 Å². The summed E-state index contributed by atoms with van der Waals surface area (Å²) in [5.41, 5.74) is -0.380. The molecule has 0 heterocycles. The van der Waals surface area contributed by atoms with Crippen molar-refractivity contribution in [1.82, 2.24) is 0 Å². The van der Waals surface area contributed by atoms with Crippen LogP contribution in [0.2, 0.25) is 0 Å². The van der Waals surface area contributed by atoms with Crippen LogP contribution in [0, 0.1) is 17.8 Å². The zero-order valence-electron chi connectivity index (χ0n) is 11.6. The molecule has 16 heavy (non-hydrogen) atoms. The summed E-state index contributed by atoms with van der Waals surface area (Å²) in [6, 6.07) is 0. The van der Waals surface area contributed by atoms with Gasteiger partial charge >= 0.3 is 0 Å². The molecule has 0 aliphatic heterocycles. The molecule has 0 radical (unpaired) electrons. The molecule has 1 aliphatic rings. The van der Waals surface area contributed by atoms with Crippen LogP contribution in [0.5, 0.6) is 0 Å². The third kappa shape index (κ3) is 4.45. The van der Waals surface area contributed by atoms with Crippen LogP contribution in [0.1, 0.15) is 72.6 Å². The predicted molar refractivity (Wildman–Crippen MR) is 70.4 cm³/mol. The van der Waals surface area contributed by atoms with E-state index in [1.54, 1.807) is 0 Å². The van der Waals surface area contributed by atoms with Crippen LogP contribution in [0.3, 0.4) is 0 Å². The molecule has 1 saturated carbocycles. The molecule has 1 heteroatoms. The lowest BCUT2D eigenvalue weighted by Gasteiger charge is -2.39. The molecule has 0 amide bonds. The molecule has 0 bridgehead atoms. The maximum absolute atomic E-state index is 10.1. The minimum Gasteiger partial charge on any atom is -0.390 e. The van der Waals surface area contributed by atoms with Gasteiger partial charge in [0, 0.05) is 0 Å². The average Bonchev–Trinajstić information content (AvgIpc) is 2.19. The van der Waals surface area contributed by atoms with Gasteiger partial charge in [0.25, 0.3) is 0 Å². The van der Waals surface area contributed by atoms with E-state index in [1.165, 1.54) is 32.1 Å². The fourth-order valence-electron chi connectivity index (χ4n) is 3.21. The maximum Gasteiger partial charge on any atom is 0.0622 e. The van der Waals surface area contributed by atoms with Crippen LogP contribution < -0.4 is 0 Å². The van der Waals surface area contributed by atoms with Crippen molar-refractivity contribution in [3.8, 4) is 0 Å². The molecule has 1 aliphatic carbocycles. The lowest BCUT2D eigenvalue weighted by Crippen LogP contribution is -2.36. The number of hydrogen-bond donors (Lipinski definition) is 1. The predicted octanol–water partition coefficient (Wildman–Crippen LogP) is 4.39. The van der Waals surface area contributed by atoms with Crippen LogP contribution in [-0.2, 0) is 0 Å². The van der Waals surface area contributed by atoms with E-state index in [0.29, 0.717) is 0 Å². The molecule has 0 aromatic heterocycles. The number of aliphatic hydroxyl groups is 1. The first-order chi connectivity index (χ1) is 7.44. The minimum atomic E-state index is -0.380. The second kappa shape index (κ2) is 6.05. The quantitative estimate of drug-likeness (QED) is 0.737. The molecule has 1 rings (SSSR count). The highest BCUT2D eigenvalue weighted by atomic mass is 16.3. The van der Waals surface area contributed by atoms with Gasteiger partial charge < -0.3 is 5.11 Å². The number of rotatable bonds is 5. The van der Waals surface area contributed by atoms with E-state index in [9.17, 15) is 5.11 Å². The molecule has 0 aromatic rings. The summed E-state index contributed by atoms with van der Waals surface area (Å²) < 4.78 is 0. The van der Waals surface area contributed by atoms with Crippen molar-refractivity contribution in [2.45, 2.75) is 78.2 Å². The normalized spacial score (nSPS) is 35.6. The first-order valence-electron chi connectivity index (χ1n) is 7.17. The van der Waals surface area contributed by atoms with Gasteiger partial charge in [-0.25, -0.2) is 0 Å². The smallest absolute Gasteiger partial charge is 0.0622 e. The van der Waals surface area contributed by atoms with E-state index >= 15 is 0 Å². The van der Waals surface area contributed by atoms with E-state index in [0.717, 1.165) is 30.6 Å². The molecule has 3 atom stereocenters. The summed E-state index contributed by atoms with van der Waals surface area (Å²) in [5, 5.41) is 10.1. The molecular weight excluding hydrogens is 196 g/mol. The highest BCUT2D eigenvalue weighted by Gasteiger charge is 2.34. The molecular formula is C15H30O. The Morgan fingerprint density at radius 1 is 1.31 bits per heavy atom. The van der Waals surface area contributed by atoms with Crippen molar-refractivity contribution < 1.29 is 5.11 Å². The van der Waals surface area contributed by atoms with Crippen LogP contribution in [0.15, 0.2) is 0 Å². The summed E-state index contributed by atoms with van der Waals surface area (Å²) in [4.78, 5) is 0. The van der Waals surface area contributed by atoms with Crippen LogP contribution in [-0.4, -0.2) is 10.7 Å². The molecule has 0 saturated heterocycles. The van der Waals surface area contributed by atoms with E-state index < -0.39 is 0 Å². The SMILES string of the molecule is CC[C@@H]1C[C@](C)(O)CC[C@@H]1CCCC(C)C. The second-order valence-corrected chi connectivity index (χ2v) is 6.49. The summed E-state index contributed by atoms with van der Waals surface area (Å²) >= 11 is 0. The molecule has 1 nitrogen and oxygen atoms in total. The van der Waals surface area contributed by atoms with Crippen molar-refractivity contribution in [3.05, 3.63) is 0 Å². The average molecular weight is 226 g/mol. The van der Waals surface area contributed by atoms with Gasteiger partial charge in [0.15, 0.2) is 0 Å².